The van der Waals surface area contributed by atoms with Gasteiger partial charge >= 0.3 is 5.97 Å². The fourth-order valence-corrected chi connectivity index (χ4v) is 4.92. The number of rotatable bonds is 4. The van der Waals surface area contributed by atoms with E-state index in [0.29, 0.717) is 23.0 Å². The molecule has 0 radical (unpaired) electrons. The highest BCUT2D eigenvalue weighted by Gasteiger charge is 2.23. The lowest BCUT2D eigenvalue weighted by Gasteiger charge is -2.26. The van der Waals surface area contributed by atoms with Gasteiger partial charge in [0.25, 0.3) is 5.91 Å². The summed E-state index contributed by atoms with van der Waals surface area (Å²) >= 11 is 9.07. The molecule has 0 spiro atoms. The molecule has 0 fully saturated rings. The summed E-state index contributed by atoms with van der Waals surface area (Å²) in [7, 11) is 0. The van der Waals surface area contributed by atoms with E-state index in [4.69, 9.17) is 16.3 Å². The molecule has 3 aromatic rings. The molecule has 1 amide bonds. The predicted molar refractivity (Wildman–Crippen MR) is 103 cm³/mol. The van der Waals surface area contributed by atoms with Crippen molar-refractivity contribution in [3.8, 4) is 10.4 Å². The van der Waals surface area contributed by atoms with Gasteiger partial charge in [0.15, 0.2) is 6.61 Å². The number of hydrogen-bond donors (Lipinski definition) is 1. The minimum atomic E-state index is -0.521. The van der Waals surface area contributed by atoms with Crippen LogP contribution in [0.3, 0.4) is 0 Å². The summed E-state index contributed by atoms with van der Waals surface area (Å²) in [4.78, 5) is 31.7. The lowest BCUT2D eigenvalue weighted by atomic mass is 10.1. The molecule has 5 nitrogen and oxygen atoms in total. The van der Waals surface area contributed by atoms with Gasteiger partial charge < -0.3 is 14.6 Å². The van der Waals surface area contributed by atoms with E-state index >= 15 is 0 Å². The molecule has 4 rings (SSSR count). The summed E-state index contributed by atoms with van der Waals surface area (Å²) < 4.78 is 5.91. The van der Waals surface area contributed by atoms with E-state index in [1.165, 1.54) is 21.8 Å². The third kappa shape index (κ3) is 3.42. The van der Waals surface area contributed by atoms with Gasteiger partial charge in [-0.15, -0.1) is 22.7 Å². The molecule has 26 heavy (non-hydrogen) atoms. The highest BCUT2D eigenvalue weighted by molar-refractivity contribution is 7.19. The largest absolute Gasteiger partial charge is 0.452 e. The van der Waals surface area contributed by atoms with Crippen LogP contribution in [0.15, 0.2) is 36.0 Å². The first-order chi connectivity index (χ1) is 12.6. The van der Waals surface area contributed by atoms with Crippen molar-refractivity contribution in [3.05, 3.63) is 56.3 Å². The first-order valence-electron chi connectivity index (χ1n) is 8.04. The van der Waals surface area contributed by atoms with E-state index in [-0.39, 0.29) is 12.5 Å². The molecule has 1 N–H and O–H groups in total. The lowest BCUT2D eigenvalue weighted by molar-refractivity contribution is -0.135. The van der Waals surface area contributed by atoms with E-state index in [9.17, 15) is 9.59 Å². The molecule has 0 saturated carbocycles. The Morgan fingerprint density at radius 2 is 2.15 bits per heavy atom. The SMILES string of the molecule is O=C(OCC(=O)N1CCc2sccc2C1)c1c[nH]cc1-c1ccc(Cl)s1. The van der Waals surface area contributed by atoms with Crippen LogP contribution in [0.5, 0.6) is 0 Å². The molecule has 1 aliphatic rings. The third-order valence-corrected chi connectivity index (χ3v) is 6.58. The topological polar surface area (TPSA) is 62.4 Å². The minimum absolute atomic E-state index is 0.175. The maximum atomic E-state index is 12.4. The summed E-state index contributed by atoms with van der Waals surface area (Å²) in [5.74, 6) is -0.696. The first-order valence-corrected chi connectivity index (χ1v) is 10.1. The number of H-pyrrole nitrogens is 1. The van der Waals surface area contributed by atoms with Gasteiger partial charge in [0, 0.05) is 40.8 Å². The van der Waals surface area contributed by atoms with Crippen LogP contribution in [0.25, 0.3) is 10.4 Å². The van der Waals surface area contributed by atoms with Crippen LogP contribution in [0.1, 0.15) is 20.8 Å². The van der Waals surface area contributed by atoms with Crippen molar-refractivity contribution in [1.29, 1.82) is 0 Å². The Kier molecular flexibility index (Phi) is 4.84. The van der Waals surface area contributed by atoms with Crippen LogP contribution >= 0.6 is 34.3 Å². The van der Waals surface area contributed by atoms with Crippen molar-refractivity contribution < 1.29 is 14.3 Å². The van der Waals surface area contributed by atoms with Gasteiger partial charge in [-0.3, -0.25) is 4.79 Å². The van der Waals surface area contributed by atoms with E-state index in [2.05, 4.69) is 4.98 Å². The number of halogens is 1. The summed E-state index contributed by atoms with van der Waals surface area (Å²) in [6, 6.07) is 5.68. The third-order valence-electron chi connectivity index (χ3n) is 4.29. The van der Waals surface area contributed by atoms with Gasteiger partial charge in [0.1, 0.15) is 0 Å². The fraction of sp³-hybridized carbons (Fsp3) is 0.222. The maximum Gasteiger partial charge on any atom is 0.340 e. The molecule has 4 heterocycles. The van der Waals surface area contributed by atoms with Crippen molar-refractivity contribution in [1.82, 2.24) is 9.88 Å². The lowest BCUT2D eigenvalue weighted by Crippen LogP contribution is -2.38. The zero-order valence-corrected chi connectivity index (χ0v) is 16.0. The van der Waals surface area contributed by atoms with Gasteiger partial charge in [-0.05, 0) is 35.6 Å². The standard InChI is InChI=1S/C18H15ClN2O3S2/c19-16-2-1-15(26-16)12-7-20-8-13(12)18(23)24-10-17(22)21-5-3-14-11(9-21)4-6-25-14/h1-2,4,6-8,20H,3,5,9-10H2. The number of aromatic nitrogens is 1. The van der Waals surface area contributed by atoms with Crippen molar-refractivity contribution in [2.45, 2.75) is 13.0 Å². The highest BCUT2D eigenvalue weighted by atomic mass is 35.5. The van der Waals surface area contributed by atoms with Crippen LogP contribution in [-0.2, 0) is 22.5 Å². The summed E-state index contributed by atoms with van der Waals surface area (Å²) in [6.07, 6.45) is 4.16. The minimum Gasteiger partial charge on any atom is -0.452 e. The van der Waals surface area contributed by atoms with E-state index in [1.54, 1.807) is 34.7 Å². The van der Waals surface area contributed by atoms with E-state index in [0.717, 1.165) is 16.9 Å². The number of esters is 1. The second kappa shape index (κ2) is 7.26. The van der Waals surface area contributed by atoms with Crippen LogP contribution in [-0.4, -0.2) is 34.9 Å². The Labute approximate surface area is 163 Å². The smallest absolute Gasteiger partial charge is 0.340 e. The number of hydrogen-bond acceptors (Lipinski definition) is 5. The number of carbonyl (C=O) groups is 2. The van der Waals surface area contributed by atoms with E-state index < -0.39 is 5.97 Å². The van der Waals surface area contributed by atoms with Gasteiger partial charge in [-0.1, -0.05) is 11.6 Å². The van der Waals surface area contributed by atoms with Crippen LogP contribution in [0.2, 0.25) is 4.34 Å². The molecule has 1 aliphatic heterocycles. The van der Waals surface area contributed by atoms with Crippen molar-refractivity contribution in [2.24, 2.45) is 0 Å². The normalized spacial score (nSPS) is 13.5. The second-order valence-corrected chi connectivity index (χ2v) is 8.61. The first kappa shape index (κ1) is 17.3. The molecular formula is C18H15ClN2O3S2. The Bertz CT molecular complexity index is 959. The molecule has 0 bridgehead atoms. The Balaban J connectivity index is 1.39. The fourth-order valence-electron chi connectivity index (χ4n) is 2.95. The number of aromatic amines is 1. The molecule has 0 unspecified atom stereocenters. The average Bonchev–Trinajstić information content (AvgIpc) is 3.37. The summed E-state index contributed by atoms with van der Waals surface area (Å²) in [5, 5.41) is 2.04. The monoisotopic (exact) mass is 406 g/mol. The molecular weight excluding hydrogens is 392 g/mol. The van der Waals surface area contributed by atoms with Crippen molar-refractivity contribution >= 4 is 46.2 Å². The predicted octanol–water partition coefficient (Wildman–Crippen LogP) is 4.20. The molecule has 0 aromatic carbocycles. The van der Waals surface area contributed by atoms with Crippen molar-refractivity contribution in [2.75, 3.05) is 13.2 Å². The second-order valence-electron chi connectivity index (χ2n) is 5.90. The van der Waals surface area contributed by atoms with E-state index in [1.807, 2.05) is 17.5 Å². The Hall–Kier alpha value is -2.09. The maximum absolute atomic E-state index is 12.4. The van der Waals surface area contributed by atoms with Gasteiger partial charge in [0.05, 0.1) is 9.90 Å². The molecule has 3 aromatic heterocycles. The van der Waals surface area contributed by atoms with Gasteiger partial charge in [-0.25, -0.2) is 4.79 Å². The Morgan fingerprint density at radius 1 is 1.27 bits per heavy atom. The number of nitrogens with zero attached hydrogens (tertiary/aromatic N) is 1. The molecule has 0 saturated heterocycles. The number of carbonyl (C=O) groups excluding carboxylic acids is 2. The highest BCUT2D eigenvalue weighted by Crippen LogP contribution is 2.33. The number of amides is 1. The molecule has 134 valence electrons. The van der Waals surface area contributed by atoms with Crippen molar-refractivity contribution in [3.63, 3.8) is 0 Å². The zero-order chi connectivity index (χ0) is 18.1. The quantitative estimate of drug-likeness (QED) is 0.660. The molecule has 0 atom stereocenters. The molecule has 0 aliphatic carbocycles. The zero-order valence-electron chi connectivity index (χ0n) is 13.7. The molecule has 8 heteroatoms. The van der Waals surface area contributed by atoms with Crippen LogP contribution in [0.4, 0.5) is 0 Å². The van der Waals surface area contributed by atoms with Crippen LogP contribution in [0, 0.1) is 0 Å². The van der Waals surface area contributed by atoms with Crippen LogP contribution < -0.4 is 0 Å². The number of fused-ring (bicyclic) bond motifs is 1. The summed E-state index contributed by atoms with van der Waals surface area (Å²) in [6.45, 7) is 0.986. The summed E-state index contributed by atoms with van der Waals surface area (Å²) in [5.41, 5.74) is 2.30. The number of ether oxygens (including phenoxy) is 1. The average molecular weight is 407 g/mol. The number of thiophene rings is 2. The van der Waals surface area contributed by atoms with Gasteiger partial charge in [-0.2, -0.15) is 0 Å². The number of nitrogens with one attached hydrogen (secondary N) is 1. The van der Waals surface area contributed by atoms with Gasteiger partial charge in [0.2, 0.25) is 0 Å². The Morgan fingerprint density at radius 3 is 2.96 bits per heavy atom.